The van der Waals surface area contributed by atoms with Crippen LogP contribution < -0.4 is 4.35 Å². The van der Waals surface area contributed by atoms with E-state index >= 15 is 0 Å². The Morgan fingerprint density at radius 1 is 1.38 bits per heavy atom. The molecule has 0 aliphatic heterocycles. The van der Waals surface area contributed by atoms with Crippen LogP contribution in [0.15, 0.2) is 30.3 Å². The van der Waals surface area contributed by atoms with Crippen molar-refractivity contribution in [1.29, 1.82) is 0 Å². The topological polar surface area (TPSA) is 57.5 Å². The SMILES string of the molecule is CC(O)C[As](=O)(O)c1ccccc1. The van der Waals surface area contributed by atoms with Gasteiger partial charge in [-0.3, -0.25) is 0 Å². The van der Waals surface area contributed by atoms with E-state index in [0.29, 0.717) is 4.35 Å². The first kappa shape index (κ1) is 10.6. The summed E-state index contributed by atoms with van der Waals surface area (Å²) in [6.45, 7) is 1.52. The van der Waals surface area contributed by atoms with Crippen molar-refractivity contribution in [3.63, 3.8) is 0 Å². The van der Waals surface area contributed by atoms with Crippen LogP contribution in [0.4, 0.5) is 0 Å². The van der Waals surface area contributed by atoms with Crippen LogP contribution in [-0.4, -0.2) is 29.1 Å². The summed E-state index contributed by atoms with van der Waals surface area (Å²) in [5, 5.41) is 9.01. The summed E-state index contributed by atoms with van der Waals surface area (Å²) in [5.74, 6) is 0. The van der Waals surface area contributed by atoms with Gasteiger partial charge >= 0.3 is 79.7 Å². The molecule has 0 aliphatic rings. The van der Waals surface area contributed by atoms with Crippen LogP contribution in [0.1, 0.15) is 6.92 Å². The van der Waals surface area contributed by atoms with E-state index in [0.717, 1.165) is 0 Å². The van der Waals surface area contributed by atoms with E-state index in [4.69, 9.17) is 5.11 Å². The van der Waals surface area contributed by atoms with Gasteiger partial charge in [0.05, 0.1) is 0 Å². The van der Waals surface area contributed by atoms with E-state index < -0.39 is 19.9 Å². The molecule has 3 nitrogen and oxygen atoms in total. The molecule has 1 aromatic carbocycles. The molecule has 0 aromatic heterocycles. The summed E-state index contributed by atoms with van der Waals surface area (Å²) in [6, 6.07) is 8.50. The van der Waals surface area contributed by atoms with Gasteiger partial charge in [0.2, 0.25) is 0 Å². The van der Waals surface area contributed by atoms with Crippen LogP contribution in [0.3, 0.4) is 0 Å². The number of hydrogen-bond donors (Lipinski definition) is 2. The van der Waals surface area contributed by atoms with Crippen molar-refractivity contribution in [1.82, 2.24) is 0 Å². The monoisotopic (exact) mass is 244 g/mol. The molecule has 1 aromatic rings. The normalized spacial score (nSPS) is 17.8. The molecule has 0 bridgehead atoms. The Balaban J connectivity index is 2.88. The fraction of sp³-hybridized carbons (Fsp3) is 0.333. The number of hydrogen-bond acceptors (Lipinski definition) is 2. The van der Waals surface area contributed by atoms with Gasteiger partial charge in [-0.1, -0.05) is 0 Å². The van der Waals surface area contributed by atoms with E-state index in [1.165, 1.54) is 6.92 Å². The van der Waals surface area contributed by atoms with E-state index in [9.17, 15) is 7.84 Å². The molecule has 13 heavy (non-hydrogen) atoms. The maximum absolute atomic E-state index is 11.7. The molecule has 2 atom stereocenters. The Labute approximate surface area is 80.1 Å². The number of aliphatic hydroxyl groups excluding tert-OH is 1. The van der Waals surface area contributed by atoms with Gasteiger partial charge in [0.1, 0.15) is 0 Å². The predicted octanol–water partition coefficient (Wildman–Crippen LogP) is 0.139. The molecule has 2 N–H and O–H groups in total. The maximum atomic E-state index is 11.7. The molecule has 0 heterocycles. The molecule has 72 valence electrons. The number of rotatable bonds is 3. The van der Waals surface area contributed by atoms with Crippen molar-refractivity contribution in [3.8, 4) is 0 Å². The van der Waals surface area contributed by atoms with E-state index in [-0.39, 0.29) is 5.21 Å². The molecule has 2 unspecified atom stereocenters. The number of benzene rings is 1. The quantitative estimate of drug-likeness (QED) is 0.743. The summed E-state index contributed by atoms with van der Waals surface area (Å²) in [5.41, 5.74) is 0. The zero-order valence-corrected chi connectivity index (χ0v) is 9.30. The molecule has 4 heteroatoms. The van der Waals surface area contributed by atoms with Crippen LogP contribution in [-0.2, 0) is 3.74 Å². The molecule has 0 amide bonds. The second-order valence-electron chi connectivity index (χ2n) is 3.07. The van der Waals surface area contributed by atoms with Gasteiger partial charge < -0.3 is 0 Å². The number of aliphatic hydroxyl groups is 1. The van der Waals surface area contributed by atoms with Crippen molar-refractivity contribution in [2.45, 2.75) is 18.2 Å². The van der Waals surface area contributed by atoms with Gasteiger partial charge in [-0.15, -0.1) is 0 Å². The third-order valence-corrected chi connectivity index (χ3v) is 6.14. The Bertz CT molecular complexity index is 308. The van der Waals surface area contributed by atoms with Crippen LogP contribution in [0.5, 0.6) is 0 Å². The zero-order valence-electron chi connectivity index (χ0n) is 7.42. The molecule has 1 rings (SSSR count). The Morgan fingerprint density at radius 3 is 2.38 bits per heavy atom. The van der Waals surface area contributed by atoms with Gasteiger partial charge in [-0.05, 0) is 0 Å². The first-order valence-corrected chi connectivity index (χ1v) is 7.95. The minimum absolute atomic E-state index is 0.0255. The fourth-order valence-corrected chi connectivity index (χ4v) is 4.41. The summed E-state index contributed by atoms with van der Waals surface area (Å²) in [4.78, 5) is 0. The second kappa shape index (κ2) is 4.14. The van der Waals surface area contributed by atoms with Crippen LogP contribution in [0, 0.1) is 0 Å². The molecule has 0 saturated heterocycles. The van der Waals surface area contributed by atoms with Gasteiger partial charge in [0.15, 0.2) is 0 Å². The van der Waals surface area contributed by atoms with Crippen LogP contribution in [0.25, 0.3) is 0 Å². The average Bonchev–Trinajstić information content (AvgIpc) is 2.04. The van der Waals surface area contributed by atoms with E-state index in [2.05, 4.69) is 0 Å². The van der Waals surface area contributed by atoms with Crippen LogP contribution >= 0.6 is 0 Å². The van der Waals surface area contributed by atoms with E-state index in [1.54, 1.807) is 30.3 Å². The summed E-state index contributed by atoms with van der Waals surface area (Å²) < 4.78 is 21.8. The van der Waals surface area contributed by atoms with E-state index in [1.807, 2.05) is 0 Å². The molecule has 0 spiro atoms. The molecule has 0 radical (unpaired) electrons. The Kier molecular flexibility index (Phi) is 3.37. The molecule has 0 fully saturated rings. The predicted molar refractivity (Wildman–Crippen MR) is 51.2 cm³/mol. The van der Waals surface area contributed by atoms with Crippen LogP contribution in [0.2, 0.25) is 5.21 Å². The summed E-state index contributed by atoms with van der Waals surface area (Å²) in [6.07, 6.45) is -0.727. The standard InChI is InChI=1S/C9H13AsO3/c1-8(11)7-10(12,13)9-5-3-2-4-6-9/h2-6,8,11H,7H2,1H3,(H,12,13). The Morgan fingerprint density at radius 2 is 1.92 bits per heavy atom. The molecule has 0 saturated carbocycles. The molecular formula is C9H13AsO3. The Hall–Kier alpha value is -0.502. The average molecular weight is 244 g/mol. The third kappa shape index (κ3) is 3.03. The first-order valence-electron chi connectivity index (χ1n) is 4.08. The van der Waals surface area contributed by atoms with Gasteiger partial charge in [0, 0.05) is 0 Å². The van der Waals surface area contributed by atoms with Crippen molar-refractivity contribution >= 4 is 18.2 Å². The van der Waals surface area contributed by atoms with Crippen molar-refractivity contribution < 1.29 is 12.9 Å². The third-order valence-electron chi connectivity index (χ3n) is 1.67. The molecule has 0 aliphatic carbocycles. The second-order valence-corrected chi connectivity index (χ2v) is 7.86. The zero-order chi connectivity index (χ0) is 9.90. The first-order chi connectivity index (χ1) is 6.02. The van der Waals surface area contributed by atoms with Crippen molar-refractivity contribution in [2.75, 3.05) is 0 Å². The van der Waals surface area contributed by atoms with Crippen molar-refractivity contribution in [3.05, 3.63) is 30.3 Å². The van der Waals surface area contributed by atoms with Gasteiger partial charge in [-0.25, -0.2) is 0 Å². The fourth-order valence-electron chi connectivity index (χ4n) is 1.12. The molecular weight excluding hydrogens is 231 g/mol. The minimum atomic E-state index is -3.99. The van der Waals surface area contributed by atoms with Crippen molar-refractivity contribution in [2.24, 2.45) is 0 Å². The van der Waals surface area contributed by atoms with Gasteiger partial charge in [-0.2, -0.15) is 0 Å². The summed E-state index contributed by atoms with van der Waals surface area (Å²) in [7, 11) is 0. The summed E-state index contributed by atoms with van der Waals surface area (Å²) >= 11 is -3.99. The van der Waals surface area contributed by atoms with Gasteiger partial charge in [0.25, 0.3) is 0 Å².